The summed E-state index contributed by atoms with van der Waals surface area (Å²) in [4.78, 5) is 7.66. The summed E-state index contributed by atoms with van der Waals surface area (Å²) in [5, 5.41) is 10.6. The highest BCUT2D eigenvalue weighted by Crippen LogP contribution is 2.29. The maximum absolute atomic E-state index is 9.45. The number of phenols is 1. The van der Waals surface area contributed by atoms with E-state index < -0.39 is 0 Å². The van der Waals surface area contributed by atoms with Crippen LogP contribution in [0.3, 0.4) is 0 Å². The van der Waals surface area contributed by atoms with Crippen LogP contribution in [0.25, 0.3) is 34.5 Å². The summed E-state index contributed by atoms with van der Waals surface area (Å²) >= 11 is 12.2. The highest BCUT2D eigenvalue weighted by atomic mass is 35.5. The van der Waals surface area contributed by atoms with Crippen LogP contribution >= 0.6 is 23.2 Å². The fraction of sp³-hybridized carbons (Fsp3) is 0. The molecule has 0 unspecified atom stereocenters. The van der Waals surface area contributed by atoms with E-state index in [9.17, 15) is 5.11 Å². The first-order valence-electron chi connectivity index (χ1n) is 8.66. The van der Waals surface area contributed by atoms with Gasteiger partial charge in [-0.15, -0.1) is 0 Å². The Morgan fingerprint density at radius 2 is 1.68 bits per heavy atom. The van der Waals surface area contributed by atoms with Crippen molar-refractivity contribution in [3.63, 3.8) is 0 Å². The van der Waals surface area contributed by atoms with Crippen molar-refractivity contribution < 1.29 is 5.11 Å². The predicted molar refractivity (Wildman–Crippen MR) is 117 cm³/mol. The number of rotatable bonds is 4. The summed E-state index contributed by atoms with van der Waals surface area (Å²) in [6, 6.07) is 20.7. The molecular weight excluding hydrogens is 391 g/mol. The third-order valence-electron chi connectivity index (χ3n) is 4.34. The molecule has 0 aliphatic heterocycles. The van der Waals surface area contributed by atoms with Crippen molar-refractivity contribution in [1.29, 1.82) is 0 Å². The molecule has 0 radical (unpaired) electrons. The van der Waals surface area contributed by atoms with Crippen molar-refractivity contribution in [3.8, 4) is 28.1 Å². The van der Waals surface area contributed by atoms with Gasteiger partial charge in [-0.05, 0) is 59.2 Å². The summed E-state index contributed by atoms with van der Waals surface area (Å²) in [5.41, 5.74) is 4.86. The SMILES string of the molecule is Oc1ccc(-c2cccc(/C=C/c3ncc(-c4ccc(Cl)cc4Cl)[nH]3)c2)cc1. The molecule has 28 heavy (non-hydrogen) atoms. The Hall–Kier alpha value is -3.01. The number of aromatic amines is 1. The van der Waals surface area contributed by atoms with Gasteiger partial charge in [-0.25, -0.2) is 4.98 Å². The number of benzene rings is 3. The molecule has 0 aliphatic carbocycles. The predicted octanol–water partition coefficient (Wildman–Crippen LogP) is 6.93. The lowest BCUT2D eigenvalue weighted by molar-refractivity contribution is 0.475. The molecule has 1 heterocycles. The number of H-pyrrole nitrogens is 1. The molecule has 0 amide bonds. The molecule has 1 aromatic heterocycles. The molecule has 4 rings (SSSR count). The molecule has 4 aromatic rings. The summed E-state index contributed by atoms with van der Waals surface area (Å²) in [6.07, 6.45) is 5.67. The third-order valence-corrected chi connectivity index (χ3v) is 4.89. The number of hydrogen-bond acceptors (Lipinski definition) is 2. The summed E-state index contributed by atoms with van der Waals surface area (Å²) in [5.74, 6) is 0.991. The highest BCUT2D eigenvalue weighted by Gasteiger charge is 2.07. The Balaban J connectivity index is 1.56. The second-order valence-corrected chi connectivity index (χ2v) is 7.16. The molecule has 0 spiro atoms. The Kier molecular flexibility index (Phi) is 5.20. The van der Waals surface area contributed by atoms with Crippen molar-refractivity contribution in [1.82, 2.24) is 9.97 Å². The first-order chi connectivity index (χ1) is 13.6. The zero-order chi connectivity index (χ0) is 19.5. The van der Waals surface area contributed by atoms with Crippen LogP contribution in [0.4, 0.5) is 0 Å². The molecule has 0 fully saturated rings. The van der Waals surface area contributed by atoms with E-state index in [1.54, 1.807) is 30.5 Å². The van der Waals surface area contributed by atoms with Gasteiger partial charge in [0.25, 0.3) is 0 Å². The first kappa shape index (κ1) is 18.4. The van der Waals surface area contributed by atoms with Gasteiger partial charge in [-0.1, -0.05) is 59.6 Å². The van der Waals surface area contributed by atoms with E-state index in [1.807, 2.05) is 48.6 Å². The fourth-order valence-electron chi connectivity index (χ4n) is 2.92. The summed E-state index contributed by atoms with van der Waals surface area (Å²) in [7, 11) is 0. The van der Waals surface area contributed by atoms with Gasteiger partial charge in [0.2, 0.25) is 0 Å². The quantitative estimate of drug-likeness (QED) is 0.386. The lowest BCUT2D eigenvalue weighted by Gasteiger charge is -2.03. The highest BCUT2D eigenvalue weighted by molar-refractivity contribution is 6.36. The van der Waals surface area contributed by atoms with Crippen LogP contribution in [0.1, 0.15) is 11.4 Å². The van der Waals surface area contributed by atoms with Gasteiger partial charge in [0, 0.05) is 10.6 Å². The number of halogens is 2. The Bertz CT molecular complexity index is 1150. The minimum absolute atomic E-state index is 0.259. The van der Waals surface area contributed by atoms with Crippen molar-refractivity contribution >= 4 is 35.4 Å². The van der Waals surface area contributed by atoms with E-state index in [0.717, 1.165) is 33.8 Å². The van der Waals surface area contributed by atoms with Crippen LogP contribution in [0.2, 0.25) is 10.0 Å². The number of nitrogens with one attached hydrogen (secondary N) is 1. The van der Waals surface area contributed by atoms with Gasteiger partial charge in [-0.3, -0.25) is 0 Å². The molecule has 138 valence electrons. The number of aromatic hydroxyl groups is 1. The zero-order valence-electron chi connectivity index (χ0n) is 14.7. The normalized spacial score (nSPS) is 11.2. The van der Waals surface area contributed by atoms with E-state index in [-0.39, 0.29) is 5.75 Å². The molecule has 0 saturated heterocycles. The molecule has 3 aromatic carbocycles. The van der Waals surface area contributed by atoms with Crippen molar-refractivity contribution in [2.45, 2.75) is 0 Å². The van der Waals surface area contributed by atoms with Gasteiger partial charge in [0.15, 0.2) is 0 Å². The minimum Gasteiger partial charge on any atom is -0.508 e. The van der Waals surface area contributed by atoms with Crippen LogP contribution in [0, 0.1) is 0 Å². The number of imidazole rings is 1. The van der Waals surface area contributed by atoms with Crippen LogP contribution in [-0.4, -0.2) is 15.1 Å². The van der Waals surface area contributed by atoms with E-state index in [0.29, 0.717) is 10.0 Å². The van der Waals surface area contributed by atoms with Crippen molar-refractivity contribution in [2.24, 2.45) is 0 Å². The van der Waals surface area contributed by atoms with Crippen LogP contribution in [-0.2, 0) is 0 Å². The average Bonchev–Trinajstić information content (AvgIpc) is 3.16. The van der Waals surface area contributed by atoms with Crippen LogP contribution < -0.4 is 0 Å². The molecule has 0 atom stereocenters. The van der Waals surface area contributed by atoms with Crippen LogP contribution in [0.15, 0.2) is 72.9 Å². The molecule has 0 bridgehead atoms. The Labute approximate surface area is 172 Å². The van der Waals surface area contributed by atoms with Crippen molar-refractivity contribution in [3.05, 3.63) is 94.4 Å². The topological polar surface area (TPSA) is 48.9 Å². The lowest BCUT2D eigenvalue weighted by Crippen LogP contribution is -1.81. The molecule has 0 aliphatic rings. The summed E-state index contributed by atoms with van der Waals surface area (Å²) < 4.78 is 0. The number of hydrogen-bond donors (Lipinski definition) is 2. The van der Waals surface area contributed by atoms with E-state index >= 15 is 0 Å². The standard InChI is InChI=1S/C23H16Cl2N2O/c24-18-7-10-20(21(25)13-18)22-14-26-23(27-22)11-4-15-2-1-3-17(12-15)16-5-8-19(28)9-6-16/h1-14,28H,(H,26,27)/b11-4+. The largest absolute Gasteiger partial charge is 0.508 e. The van der Waals surface area contributed by atoms with Crippen LogP contribution in [0.5, 0.6) is 5.75 Å². The third kappa shape index (κ3) is 4.11. The van der Waals surface area contributed by atoms with E-state index in [4.69, 9.17) is 23.2 Å². The smallest absolute Gasteiger partial charge is 0.130 e. The average molecular weight is 407 g/mol. The van der Waals surface area contributed by atoms with Gasteiger partial charge >= 0.3 is 0 Å². The number of phenolic OH excluding ortho intramolecular Hbond substituents is 1. The maximum atomic E-state index is 9.45. The minimum atomic E-state index is 0.259. The lowest BCUT2D eigenvalue weighted by atomic mass is 10.0. The molecule has 3 nitrogen and oxygen atoms in total. The Morgan fingerprint density at radius 1 is 0.857 bits per heavy atom. The second-order valence-electron chi connectivity index (χ2n) is 6.31. The zero-order valence-corrected chi connectivity index (χ0v) is 16.2. The number of aromatic nitrogens is 2. The Morgan fingerprint density at radius 3 is 2.46 bits per heavy atom. The van der Waals surface area contributed by atoms with Gasteiger partial charge in [-0.2, -0.15) is 0 Å². The maximum Gasteiger partial charge on any atom is 0.130 e. The fourth-order valence-corrected chi connectivity index (χ4v) is 3.43. The molecule has 0 saturated carbocycles. The van der Waals surface area contributed by atoms with Gasteiger partial charge in [0.05, 0.1) is 16.9 Å². The van der Waals surface area contributed by atoms with Gasteiger partial charge in [0.1, 0.15) is 11.6 Å². The monoisotopic (exact) mass is 406 g/mol. The molecule has 5 heteroatoms. The van der Waals surface area contributed by atoms with Crippen molar-refractivity contribution in [2.75, 3.05) is 0 Å². The van der Waals surface area contributed by atoms with E-state index in [2.05, 4.69) is 16.0 Å². The molecular formula is C23H16Cl2N2O. The van der Waals surface area contributed by atoms with E-state index in [1.165, 1.54) is 0 Å². The van der Waals surface area contributed by atoms with Gasteiger partial charge < -0.3 is 10.1 Å². The number of nitrogens with zero attached hydrogens (tertiary/aromatic N) is 1. The summed E-state index contributed by atoms with van der Waals surface area (Å²) in [6.45, 7) is 0. The first-order valence-corrected chi connectivity index (χ1v) is 9.42. The molecule has 2 N–H and O–H groups in total. The second kappa shape index (κ2) is 7.93.